The van der Waals surface area contributed by atoms with E-state index >= 15 is 0 Å². The van der Waals surface area contributed by atoms with Gasteiger partial charge in [-0.25, -0.2) is 0 Å². The van der Waals surface area contributed by atoms with Crippen molar-refractivity contribution in [3.05, 3.63) is 0 Å². The minimum absolute atomic E-state index is 0.757. The molecule has 0 atom stereocenters. The Morgan fingerprint density at radius 1 is 0.565 bits per heavy atom. The predicted octanol–water partition coefficient (Wildman–Crippen LogP) is -0.152. The topological polar surface area (TPSA) is 97.6 Å². The first kappa shape index (κ1) is 22.0. The quantitative estimate of drug-likeness (QED) is 0.414. The van der Waals surface area contributed by atoms with Crippen LogP contribution in [0.3, 0.4) is 0 Å². The Morgan fingerprint density at radius 3 is 0.826 bits per heavy atom. The van der Waals surface area contributed by atoms with Crippen LogP contribution in [0.1, 0.15) is 0 Å². The summed E-state index contributed by atoms with van der Waals surface area (Å²) in [6, 6.07) is 0. The zero-order valence-electron chi connectivity index (χ0n) is 12.8. The fraction of sp³-hybridized carbons (Fsp3) is 0.667. The molecule has 0 unspecified atom stereocenters. The van der Waals surface area contributed by atoms with Gasteiger partial charge in [0.15, 0.2) is 0 Å². The van der Waals surface area contributed by atoms with Crippen LogP contribution in [0.4, 0.5) is 0 Å². The molecule has 0 aromatic carbocycles. The molecule has 4 rings (SSSR count). The zero-order chi connectivity index (χ0) is 16.8. The van der Waals surface area contributed by atoms with Crippen molar-refractivity contribution in [2.24, 2.45) is 20.0 Å². The Kier molecular flexibility index (Phi) is 20.0. The van der Waals surface area contributed by atoms with E-state index in [4.69, 9.17) is 0 Å². The van der Waals surface area contributed by atoms with Crippen LogP contribution in [0.15, 0.2) is 20.0 Å². The summed E-state index contributed by atoms with van der Waals surface area (Å²) in [5, 5.41) is 11.7. The van der Waals surface area contributed by atoms with Crippen LogP contribution in [0.25, 0.3) is 0 Å². The summed E-state index contributed by atoms with van der Waals surface area (Å²) in [6.45, 7) is 7.94. The third-order valence-corrected chi connectivity index (χ3v) is 2.27. The molecule has 4 heterocycles. The molecule has 0 spiro atoms. The van der Waals surface area contributed by atoms with Crippen molar-refractivity contribution in [3.8, 4) is 0 Å². The van der Waals surface area contributed by atoms with Crippen molar-refractivity contribution in [2.45, 2.75) is 0 Å². The molecule has 0 amide bonds. The Labute approximate surface area is 152 Å². The van der Waals surface area contributed by atoms with Gasteiger partial charge in [-0.1, -0.05) is 0 Å². The molecule has 4 aliphatic rings. The zero-order valence-corrected chi connectivity index (χ0v) is 15.3. The van der Waals surface area contributed by atoms with Crippen LogP contribution < -0.4 is 21.3 Å². The third kappa shape index (κ3) is 21.0. The van der Waals surface area contributed by atoms with Crippen molar-refractivity contribution in [3.63, 3.8) is 0 Å². The van der Waals surface area contributed by atoms with Gasteiger partial charge in [-0.05, 0) is 0 Å². The predicted molar refractivity (Wildman–Crippen MR) is 97.2 cm³/mol. The maximum atomic E-state index is 4.67. The molecule has 0 aromatic heterocycles. The van der Waals surface area contributed by atoms with Crippen molar-refractivity contribution in [2.75, 3.05) is 52.4 Å². The van der Waals surface area contributed by atoms with Crippen LogP contribution >= 0.6 is 20.2 Å². The number of aliphatic imine (C=N–C) groups is 4. The number of hydrogen-bond acceptors (Lipinski definition) is 8. The Bertz CT molecular complexity index is 264. The second-order valence-corrected chi connectivity index (χ2v) is 5.56. The van der Waals surface area contributed by atoms with Crippen molar-refractivity contribution in [1.29, 1.82) is 0 Å². The SMILES string of the molecule is C1=NCCN1.C1=NCCN1.C1=NCCN1.C1=NCCN1.[Cl][Cu][Cl]. The summed E-state index contributed by atoms with van der Waals surface area (Å²) in [5.74, 6) is 0. The van der Waals surface area contributed by atoms with Crippen LogP contribution in [0.2, 0.25) is 0 Å². The summed E-state index contributed by atoms with van der Waals surface area (Å²) in [6.07, 6.45) is 6.94. The molecule has 0 saturated heterocycles. The number of hydrogen-bond donors (Lipinski definition) is 4. The van der Waals surface area contributed by atoms with Crippen LogP contribution in [0.5, 0.6) is 0 Å². The molecular formula is C12H24Cl2CuN8. The first-order valence-electron chi connectivity index (χ1n) is 7.09. The van der Waals surface area contributed by atoms with E-state index in [1.807, 2.05) is 0 Å². The van der Waals surface area contributed by atoms with Crippen molar-refractivity contribution >= 4 is 45.6 Å². The fourth-order valence-corrected chi connectivity index (χ4v) is 1.29. The molecule has 0 aromatic rings. The molecule has 8 nitrogen and oxygen atoms in total. The van der Waals surface area contributed by atoms with Gasteiger partial charge in [0, 0.05) is 26.2 Å². The summed E-state index contributed by atoms with van der Waals surface area (Å²) in [4.78, 5) is 15.4. The van der Waals surface area contributed by atoms with E-state index in [1.54, 1.807) is 25.4 Å². The van der Waals surface area contributed by atoms with Crippen LogP contribution in [0, 0.1) is 0 Å². The number of rotatable bonds is 0. The second-order valence-electron chi connectivity index (χ2n) is 4.00. The van der Waals surface area contributed by atoms with E-state index in [0.717, 1.165) is 65.5 Å². The summed E-state index contributed by atoms with van der Waals surface area (Å²) >= 11 is 0.757. The standard InChI is InChI=1S/4C3H6N2.2ClH.Cu/c4*1-2-5-3-4-1;;;/h4*3H,1-2H2,(H,4,5);2*1H;/q;;;;;;+2/p-2. The normalized spacial score (nSPS) is 17.7. The van der Waals surface area contributed by atoms with Gasteiger partial charge >= 0.3 is 33.3 Å². The molecule has 4 N–H and O–H groups in total. The summed E-state index contributed by atoms with van der Waals surface area (Å²) < 4.78 is 0. The Balaban J connectivity index is 0.000000266. The molecule has 4 aliphatic heterocycles. The second kappa shape index (κ2) is 21.0. The number of nitrogens with zero attached hydrogens (tertiary/aromatic N) is 4. The van der Waals surface area contributed by atoms with E-state index in [2.05, 4.69) is 61.4 Å². The van der Waals surface area contributed by atoms with Crippen molar-refractivity contribution < 1.29 is 13.1 Å². The molecule has 0 bridgehead atoms. The molecular weight excluding hydrogens is 391 g/mol. The molecule has 0 aliphatic carbocycles. The van der Waals surface area contributed by atoms with Crippen LogP contribution in [-0.4, -0.2) is 77.7 Å². The van der Waals surface area contributed by atoms with Gasteiger partial charge in [0.05, 0.1) is 51.5 Å². The average Bonchev–Trinajstić information content (AvgIpc) is 3.47. The van der Waals surface area contributed by atoms with Gasteiger partial charge in [-0.15, -0.1) is 0 Å². The van der Waals surface area contributed by atoms with E-state index in [1.165, 1.54) is 0 Å². The van der Waals surface area contributed by atoms with Gasteiger partial charge < -0.3 is 21.3 Å². The summed E-state index contributed by atoms with van der Waals surface area (Å²) in [7, 11) is 9.34. The Morgan fingerprint density at radius 2 is 0.783 bits per heavy atom. The first-order valence-corrected chi connectivity index (χ1v) is 9.69. The van der Waals surface area contributed by atoms with E-state index < -0.39 is 0 Å². The van der Waals surface area contributed by atoms with Crippen molar-refractivity contribution in [1.82, 2.24) is 21.3 Å². The molecule has 0 radical (unpaired) electrons. The van der Waals surface area contributed by atoms with Gasteiger partial charge in [0.2, 0.25) is 0 Å². The van der Waals surface area contributed by atoms with Gasteiger partial charge in [0.25, 0.3) is 0 Å². The number of halogens is 2. The molecule has 137 valence electrons. The molecule has 11 heteroatoms. The minimum atomic E-state index is 0.757. The maximum absolute atomic E-state index is 4.67. The van der Waals surface area contributed by atoms with Gasteiger partial charge in [0.1, 0.15) is 0 Å². The average molecular weight is 415 g/mol. The number of nitrogens with one attached hydrogen (secondary N) is 4. The monoisotopic (exact) mass is 413 g/mol. The molecule has 0 saturated carbocycles. The van der Waals surface area contributed by atoms with E-state index in [-0.39, 0.29) is 0 Å². The summed E-state index contributed by atoms with van der Waals surface area (Å²) in [5.41, 5.74) is 0. The molecule has 0 fully saturated rings. The Hall–Kier alpha value is -1.02. The van der Waals surface area contributed by atoms with E-state index in [0.29, 0.717) is 0 Å². The third-order valence-electron chi connectivity index (χ3n) is 2.27. The van der Waals surface area contributed by atoms with Gasteiger partial charge in [-0.2, -0.15) is 0 Å². The molecule has 23 heavy (non-hydrogen) atoms. The first-order chi connectivity index (χ1) is 11.4. The van der Waals surface area contributed by atoms with Crippen LogP contribution in [-0.2, 0) is 13.1 Å². The van der Waals surface area contributed by atoms with E-state index in [9.17, 15) is 0 Å². The fourth-order valence-electron chi connectivity index (χ4n) is 1.29. The van der Waals surface area contributed by atoms with Gasteiger partial charge in [-0.3, -0.25) is 20.0 Å².